The average molecular weight is 396 g/mol. The van der Waals surface area contributed by atoms with Crippen LogP contribution in [0.1, 0.15) is 29.0 Å². The summed E-state index contributed by atoms with van der Waals surface area (Å²) in [4.78, 5) is 24.3. The van der Waals surface area contributed by atoms with Gasteiger partial charge in [-0.25, -0.2) is 4.79 Å². The van der Waals surface area contributed by atoms with Crippen molar-refractivity contribution in [3.05, 3.63) is 53.5 Å². The van der Waals surface area contributed by atoms with Crippen LogP contribution in [0, 0.1) is 11.3 Å². The molecule has 8 nitrogen and oxygen atoms in total. The third-order valence-corrected chi connectivity index (χ3v) is 4.30. The summed E-state index contributed by atoms with van der Waals surface area (Å²) in [5, 5.41) is 12.0. The lowest BCUT2D eigenvalue weighted by molar-refractivity contribution is -0.117. The van der Waals surface area contributed by atoms with E-state index < -0.39 is 11.9 Å². The van der Waals surface area contributed by atoms with Crippen molar-refractivity contribution in [1.82, 2.24) is 5.32 Å². The molecule has 0 aliphatic carbocycles. The van der Waals surface area contributed by atoms with Crippen molar-refractivity contribution in [3.63, 3.8) is 0 Å². The maximum Gasteiger partial charge on any atom is 0.379 e. The number of carbonyl (C=O) groups excluding carboxylic acids is 2. The number of methoxy groups -OCH3 is 1. The Morgan fingerprint density at radius 1 is 1.34 bits per heavy atom. The van der Waals surface area contributed by atoms with Gasteiger partial charge in [0.1, 0.15) is 11.6 Å². The highest BCUT2D eigenvalue weighted by Gasteiger charge is 2.18. The summed E-state index contributed by atoms with van der Waals surface area (Å²) in [6.45, 7) is 1.06. The Hall–Kier alpha value is -3.57. The van der Waals surface area contributed by atoms with Gasteiger partial charge in [-0.3, -0.25) is 4.79 Å². The van der Waals surface area contributed by atoms with Gasteiger partial charge in [0.05, 0.1) is 19.5 Å². The third-order valence-electron chi connectivity index (χ3n) is 4.30. The number of rotatable bonds is 7. The van der Waals surface area contributed by atoms with Gasteiger partial charge in [-0.1, -0.05) is 6.07 Å². The van der Waals surface area contributed by atoms with Crippen molar-refractivity contribution in [1.29, 1.82) is 5.26 Å². The van der Waals surface area contributed by atoms with Gasteiger partial charge in [0.15, 0.2) is 11.5 Å². The van der Waals surface area contributed by atoms with E-state index in [1.807, 2.05) is 6.07 Å². The summed E-state index contributed by atoms with van der Waals surface area (Å²) in [5.74, 6) is -0.619. The van der Waals surface area contributed by atoms with E-state index in [1.54, 1.807) is 18.2 Å². The highest BCUT2D eigenvalue weighted by molar-refractivity contribution is 6.01. The Kier molecular flexibility index (Phi) is 6.66. The Bertz CT molecular complexity index is 937. The lowest BCUT2D eigenvalue weighted by Crippen LogP contribution is -2.32. The van der Waals surface area contributed by atoms with Gasteiger partial charge in [-0.2, -0.15) is 5.26 Å². The molecule has 150 valence electrons. The van der Waals surface area contributed by atoms with Gasteiger partial charge in [-0.05, 0) is 48.7 Å². The fraction of sp³-hybridized carbons (Fsp3) is 0.286. The standard InChI is InChI=1S/C21H20N2O6/c1-26-19-11-14(6-7-17(19)29-21(25)18-5-3-9-28-18)10-15(12-22)20(24)23-13-16-4-2-8-27-16/h3,5-7,9-11,16H,2,4,8,13H2,1H3,(H,23,24)/b15-10-/t16-/m1/s1. The zero-order valence-electron chi connectivity index (χ0n) is 15.8. The first-order valence-electron chi connectivity index (χ1n) is 9.06. The number of carbonyl (C=O) groups is 2. The van der Waals surface area contributed by atoms with E-state index in [4.69, 9.17) is 18.6 Å². The molecule has 1 amide bonds. The summed E-state index contributed by atoms with van der Waals surface area (Å²) in [6, 6.07) is 9.66. The number of nitrogens with one attached hydrogen (secondary N) is 1. The van der Waals surface area contributed by atoms with Gasteiger partial charge in [0.25, 0.3) is 5.91 Å². The molecule has 0 unspecified atom stereocenters. The molecule has 1 saturated heterocycles. The lowest BCUT2D eigenvalue weighted by Gasteiger charge is -2.11. The van der Waals surface area contributed by atoms with Crippen molar-refractivity contribution in [2.45, 2.75) is 18.9 Å². The smallest absolute Gasteiger partial charge is 0.379 e. The van der Waals surface area contributed by atoms with Gasteiger partial charge in [-0.15, -0.1) is 0 Å². The first-order valence-corrected chi connectivity index (χ1v) is 9.06. The zero-order chi connectivity index (χ0) is 20.6. The summed E-state index contributed by atoms with van der Waals surface area (Å²) in [5.41, 5.74) is 0.494. The fourth-order valence-electron chi connectivity index (χ4n) is 2.83. The van der Waals surface area contributed by atoms with E-state index in [-0.39, 0.29) is 28.9 Å². The van der Waals surface area contributed by atoms with Crippen LogP contribution in [-0.2, 0) is 9.53 Å². The molecule has 0 saturated carbocycles. The van der Waals surface area contributed by atoms with Crippen LogP contribution in [0.4, 0.5) is 0 Å². The van der Waals surface area contributed by atoms with Gasteiger partial charge < -0.3 is 23.9 Å². The first kappa shape index (κ1) is 20.2. The molecule has 2 heterocycles. The number of ether oxygens (including phenoxy) is 3. The van der Waals surface area contributed by atoms with Crippen LogP contribution in [0.5, 0.6) is 11.5 Å². The fourth-order valence-corrected chi connectivity index (χ4v) is 2.83. The van der Waals surface area contributed by atoms with E-state index >= 15 is 0 Å². The largest absolute Gasteiger partial charge is 0.493 e. The molecule has 1 aromatic carbocycles. The lowest BCUT2D eigenvalue weighted by atomic mass is 10.1. The number of furan rings is 1. The van der Waals surface area contributed by atoms with E-state index in [9.17, 15) is 14.9 Å². The molecule has 0 bridgehead atoms. The van der Waals surface area contributed by atoms with Crippen LogP contribution in [0.2, 0.25) is 0 Å². The Balaban J connectivity index is 1.70. The molecule has 2 aromatic rings. The number of amides is 1. The summed E-state index contributed by atoms with van der Waals surface area (Å²) in [7, 11) is 1.42. The molecular weight excluding hydrogens is 376 g/mol. The number of esters is 1. The Morgan fingerprint density at radius 2 is 2.21 bits per heavy atom. The molecule has 1 aliphatic heterocycles. The molecule has 1 aliphatic rings. The second kappa shape index (κ2) is 9.57. The van der Waals surface area contributed by atoms with Crippen molar-refractivity contribution < 1.29 is 28.2 Å². The first-order chi connectivity index (χ1) is 14.1. The number of hydrogen-bond donors (Lipinski definition) is 1. The van der Waals surface area contributed by atoms with Crippen LogP contribution in [-0.4, -0.2) is 38.2 Å². The number of hydrogen-bond acceptors (Lipinski definition) is 7. The highest BCUT2D eigenvalue weighted by Crippen LogP contribution is 2.29. The minimum Gasteiger partial charge on any atom is -0.493 e. The second-order valence-corrected chi connectivity index (χ2v) is 6.29. The zero-order valence-corrected chi connectivity index (χ0v) is 15.8. The minimum absolute atomic E-state index is 0.0119. The molecule has 1 N–H and O–H groups in total. The molecular formula is C21H20N2O6. The Labute approximate surface area is 167 Å². The van der Waals surface area contributed by atoms with E-state index in [0.29, 0.717) is 18.7 Å². The molecule has 0 radical (unpaired) electrons. The Morgan fingerprint density at radius 3 is 2.86 bits per heavy atom. The number of nitrogens with zero attached hydrogens (tertiary/aromatic N) is 1. The van der Waals surface area contributed by atoms with Crippen LogP contribution >= 0.6 is 0 Å². The van der Waals surface area contributed by atoms with E-state index in [0.717, 1.165) is 12.8 Å². The van der Waals surface area contributed by atoms with Crippen LogP contribution < -0.4 is 14.8 Å². The predicted molar refractivity (Wildman–Crippen MR) is 102 cm³/mol. The van der Waals surface area contributed by atoms with Crippen LogP contribution in [0.15, 0.2) is 46.6 Å². The molecule has 8 heteroatoms. The van der Waals surface area contributed by atoms with Gasteiger partial charge in [0.2, 0.25) is 5.76 Å². The van der Waals surface area contributed by atoms with E-state index in [2.05, 4.69) is 5.32 Å². The normalized spacial score (nSPS) is 16.1. The topological polar surface area (TPSA) is 111 Å². The van der Waals surface area contributed by atoms with Gasteiger partial charge >= 0.3 is 5.97 Å². The summed E-state index contributed by atoms with van der Waals surface area (Å²) in [6.07, 6.45) is 4.65. The maximum atomic E-state index is 12.3. The SMILES string of the molecule is COc1cc(/C=C(/C#N)C(=O)NC[C@H]2CCCO2)ccc1OC(=O)c1ccco1. The van der Waals surface area contributed by atoms with Crippen molar-refractivity contribution in [3.8, 4) is 17.6 Å². The molecule has 1 aromatic heterocycles. The maximum absolute atomic E-state index is 12.3. The summed E-state index contributed by atoms with van der Waals surface area (Å²) >= 11 is 0. The molecule has 29 heavy (non-hydrogen) atoms. The monoisotopic (exact) mass is 396 g/mol. The third kappa shape index (κ3) is 5.24. The second-order valence-electron chi connectivity index (χ2n) is 6.29. The van der Waals surface area contributed by atoms with Crippen molar-refractivity contribution in [2.24, 2.45) is 0 Å². The average Bonchev–Trinajstić information content (AvgIpc) is 3.45. The number of nitriles is 1. The van der Waals surface area contributed by atoms with Crippen molar-refractivity contribution in [2.75, 3.05) is 20.3 Å². The summed E-state index contributed by atoms with van der Waals surface area (Å²) < 4.78 is 21.0. The molecule has 1 fully saturated rings. The van der Waals surface area contributed by atoms with Crippen LogP contribution in [0.3, 0.4) is 0 Å². The molecule has 1 atom stereocenters. The molecule has 0 spiro atoms. The quantitative estimate of drug-likeness (QED) is 0.331. The van der Waals surface area contributed by atoms with Gasteiger partial charge in [0, 0.05) is 13.2 Å². The minimum atomic E-state index is -0.664. The van der Waals surface area contributed by atoms with Crippen molar-refractivity contribution >= 4 is 18.0 Å². The van der Waals surface area contributed by atoms with E-state index in [1.165, 1.54) is 31.6 Å². The molecule has 3 rings (SSSR count). The number of benzene rings is 1. The highest BCUT2D eigenvalue weighted by atomic mass is 16.6. The van der Waals surface area contributed by atoms with Crippen LogP contribution in [0.25, 0.3) is 6.08 Å². The predicted octanol–water partition coefficient (Wildman–Crippen LogP) is 2.71.